The van der Waals surface area contributed by atoms with Crippen molar-refractivity contribution >= 4 is 50.1 Å². The van der Waals surface area contributed by atoms with Gasteiger partial charge in [0.25, 0.3) is 0 Å². The number of hydrogen-bond donors (Lipinski definition) is 0. The van der Waals surface area contributed by atoms with Crippen LogP contribution in [-0.4, -0.2) is 12.3 Å². The van der Waals surface area contributed by atoms with E-state index in [-0.39, 0.29) is 12.4 Å². The number of fused-ring (bicyclic) bond motifs is 1. The Morgan fingerprint density at radius 1 is 1.00 bits per heavy atom. The summed E-state index contributed by atoms with van der Waals surface area (Å²) in [6.07, 6.45) is 2.07. The van der Waals surface area contributed by atoms with Crippen molar-refractivity contribution in [2.45, 2.75) is 0 Å². The molecule has 1 heterocycles. The number of benzene rings is 2. The molecule has 0 amide bonds. The summed E-state index contributed by atoms with van der Waals surface area (Å²) in [4.78, 5) is 4.68. The van der Waals surface area contributed by atoms with Crippen molar-refractivity contribution in [2.24, 2.45) is 4.99 Å². The number of nitrogens with zero attached hydrogens (tertiary/aromatic N) is 1. The third-order valence-electron chi connectivity index (χ3n) is 3.06. The Morgan fingerprint density at radius 3 is 2.50 bits per heavy atom. The quantitative estimate of drug-likeness (QED) is 0.643. The molecule has 1 aliphatic heterocycles. The molecule has 0 atom stereocenters. The maximum Gasteiger partial charge on any atom is 0.0729 e. The Bertz CT molecular complexity index is 678. The lowest BCUT2D eigenvalue weighted by molar-refractivity contribution is 1.25. The largest absolute Gasteiger partial charge is 0.280 e. The van der Waals surface area contributed by atoms with Gasteiger partial charge in [-0.1, -0.05) is 63.9 Å². The van der Waals surface area contributed by atoms with Crippen LogP contribution in [-0.2, 0) is 0 Å². The van der Waals surface area contributed by atoms with E-state index in [0.717, 1.165) is 31.9 Å². The predicted octanol–water partition coefficient (Wildman–Crippen LogP) is 5.35. The first-order valence-corrected chi connectivity index (χ1v) is 7.18. The van der Waals surface area contributed by atoms with Crippen LogP contribution in [0.15, 0.2) is 59.6 Å². The summed E-state index contributed by atoms with van der Waals surface area (Å²) in [7, 11) is 0. The lowest BCUT2D eigenvalue weighted by atomic mass is 9.98. The highest BCUT2D eigenvalue weighted by Gasteiger charge is 2.16. The molecule has 0 bridgehead atoms. The highest BCUT2D eigenvalue weighted by molar-refractivity contribution is 9.15. The van der Waals surface area contributed by atoms with Crippen LogP contribution in [0.3, 0.4) is 0 Å². The van der Waals surface area contributed by atoms with Gasteiger partial charge in [0.1, 0.15) is 0 Å². The van der Waals surface area contributed by atoms with Crippen molar-refractivity contribution in [3.63, 3.8) is 0 Å². The predicted molar refractivity (Wildman–Crippen MR) is 92.6 cm³/mol. The van der Waals surface area contributed by atoms with Gasteiger partial charge in [0.05, 0.1) is 12.3 Å². The molecule has 0 spiro atoms. The molecule has 3 rings (SSSR count). The smallest absolute Gasteiger partial charge is 0.0729 e. The summed E-state index contributed by atoms with van der Waals surface area (Å²) >= 11 is 9.75. The van der Waals surface area contributed by atoms with Gasteiger partial charge in [-0.2, -0.15) is 0 Å². The number of aliphatic imine (C=N–C) groups is 1. The lowest BCUT2D eigenvalue weighted by Crippen LogP contribution is -2.05. The van der Waals surface area contributed by atoms with Gasteiger partial charge in [-0.05, 0) is 23.8 Å². The monoisotopic (exact) mass is 367 g/mol. The summed E-state index contributed by atoms with van der Waals surface area (Å²) in [6, 6.07) is 16.1. The van der Waals surface area contributed by atoms with E-state index in [1.54, 1.807) is 0 Å². The van der Waals surface area contributed by atoms with Gasteiger partial charge in [0.15, 0.2) is 0 Å². The molecule has 0 saturated heterocycles. The van der Waals surface area contributed by atoms with Crippen LogP contribution in [0.2, 0.25) is 5.02 Å². The Morgan fingerprint density at radius 2 is 1.75 bits per heavy atom. The molecule has 0 fully saturated rings. The first kappa shape index (κ1) is 15.3. The van der Waals surface area contributed by atoms with Crippen molar-refractivity contribution in [3.05, 3.63) is 76.3 Å². The average molecular weight is 369 g/mol. The maximum atomic E-state index is 6.14. The minimum atomic E-state index is 0. The van der Waals surface area contributed by atoms with Gasteiger partial charge < -0.3 is 0 Å². The van der Waals surface area contributed by atoms with Gasteiger partial charge in [-0.3, -0.25) is 4.99 Å². The van der Waals surface area contributed by atoms with Crippen LogP contribution in [0.1, 0.15) is 16.7 Å². The SMILES string of the molecule is Cl.Clc1ccc2c(c1)C(c1ccccc1)=NCC=C2Br. The molecule has 0 N–H and O–H groups in total. The van der Waals surface area contributed by atoms with Gasteiger partial charge in [-0.25, -0.2) is 0 Å². The zero-order valence-electron chi connectivity index (χ0n) is 10.5. The van der Waals surface area contributed by atoms with E-state index < -0.39 is 0 Å². The second kappa shape index (κ2) is 6.57. The van der Waals surface area contributed by atoms with E-state index in [1.807, 2.05) is 36.4 Å². The van der Waals surface area contributed by atoms with Crippen LogP contribution in [0.4, 0.5) is 0 Å². The van der Waals surface area contributed by atoms with E-state index in [0.29, 0.717) is 6.54 Å². The zero-order chi connectivity index (χ0) is 13.2. The molecule has 2 aromatic rings. The second-order valence-corrected chi connectivity index (χ2v) is 5.59. The van der Waals surface area contributed by atoms with Crippen molar-refractivity contribution in [1.82, 2.24) is 0 Å². The van der Waals surface area contributed by atoms with Crippen molar-refractivity contribution in [3.8, 4) is 0 Å². The number of hydrogen-bond acceptors (Lipinski definition) is 1. The van der Waals surface area contributed by atoms with Crippen molar-refractivity contribution in [2.75, 3.05) is 6.54 Å². The maximum absolute atomic E-state index is 6.14. The first-order valence-electron chi connectivity index (χ1n) is 6.01. The fraction of sp³-hybridized carbons (Fsp3) is 0.0625. The first-order chi connectivity index (χ1) is 9.25. The van der Waals surface area contributed by atoms with Crippen LogP contribution < -0.4 is 0 Å². The third-order valence-corrected chi connectivity index (χ3v) is 4.05. The number of halogens is 3. The minimum absolute atomic E-state index is 0. The van der Waals surface area contributed by atoms with Crippen molar-refractivity contribution in [1.29, 1.82) is 0 Å². The summed E-state index contributed by atoms with van der Waals surface area (Å²) in [5.74, 6) is 0. The average Bonchev–Trinajstić information content (AvgIpc) is 2.59. The molecule has 0 unspecified atom stereocenters. The van der Waals surface area contributed by atoms with Crippen molar-refractivity contribution < 1.29 is 0 Å². The summed E-state index contributed by atoms with van der Waals surface area (Å²) < 4.78 is 1.06. The lowest BCUT2D eigenvalue weighted by Gasteiger charge is -2.11. The molecular formula is C16H12BrCl2N. The molecule has 20 heavy (non-hydrogen) atoms. The third kappa shape index (κ3) is 2.98. The van der Waals surface area contributed by atoms with Crippen LogP contribution >= 0.6 is 39.9 Å². The van der Waals surface area contributed by atoms with Gasteiger partial charge >= 0.3 is 0 Å². The normalized spacial score (nSPS) is 13.5. The van der Waals surface area contributed by atoms with E-state index >= 15 is 0 Å². The minimum Gasteiger partial charge on any atom is -0.280 e. The Labute approximate surface area is 137 Å². The fourth-order valence-corrected chi connectivity index (χ4v) is 2.84. The molecule has 0 radical (unpaired) electrons. The Balaban J connectivity index is 0.00000147. The van der Waals surface area contributed by atoms with Crippen LogP contribution in [0.25, 0.3) is 4.48 Å². The van der Waals surface area contributed by atoms with Gasteiger partial charge in [-0.15, -0.1) is 12.4 Å². The van der Waals surface area contributed by atoms with E-state index in [9.17, 15) is 0 Å². The zero-order valence-corrected chi connectivity index (χ0v) is 13.7. The highest BCUT2D eigenvalue weighted by Crippen LogP contribution is 2.30. The standard InChI is InChI=1S/C16H11BrClN.ClH/c17-15-8-9-19-16(11-4-2-1-3-5-11)14-10-12(18)6-7-13(14)15;/h1-8,10H,9H2;1H. The Kier molecular flexibility index (Phi) is 5.03. The van der Waals surface area contributed by atoms with Crippen LogP contribution in [0, 0.1) is 0 Å². The number of rotatable bonds is 1. The van der Waals surface area contributed by atoms with Gasteiger partial charge in [0.2, 0.25) is 0 Å². The Hall–Kier alpha value is -1.09. The van der Waals surface area contributed by atoms with E-state index in [4.69, 9.17) is 11.6 Å². The highest BCUT2D eigenvalue weighted by atomic mass is 79.9. The molecule has 0 saturated carbocycles. The molecule has 0 aromatic heterocycles. The fourth-order valence-electron chi connectivity index (χ4n) is 2.18. The summed E-state index contributed by atoms with van der Waals surface area (Å²) in [6.45, 7) is 0.664. The van der Waals surface area contributed by atoms with E-state index in [1.165, 1.54) is 0 Å². The molecule has 2 aromatic carbocycles. The van der Waals surface area contributed by atoms with Crippen LogP contribution in [0.5, 0.6) is 0 Å². The summed E-state index contributed by atoms with van der Waals surface area (Å²) in [5, 5.41) is 0.726. The second-order valence-electron chi connectivity index (χ2n) is 4.30. The molecule has 102 valence electrons. The molecule has 0 aliphatic carbocycles. The molecule has 1 aliphatic rings. The van der Waals surface area contributed by atoms with Gasteiger partial charge in [0, 0.05) is 20.6 Å². The molecular weight excluding hydrogens is 357 g/mol. The topological polar surface area (TPSA) is 12.4 Å². The molecule has 4 heteroatoms. The summed E-state index contributed by atoms with van der Waals surface area (Å²) in [5.41, 5.74) is 4.30. The van der Waals surface area contributed by atoms with E-state index in [2.05, 4.69) is 39.1 Å². The molecule has 1 nitrogen and oxygen atoms in total.